The van der Waals surface area contributed by atoms with Gasteiger partial charge in [0.15, 0.2) is 11.5 Å². The SMILES string of the molecule is Cc1nc(-c2nnn(C)c2NC(=O)O[C@H](C)c2cc(F)cnc2F)ccc1NC(=O)C1(C#N)CC1. The smallest absolute Gasteiger partial charge is 0.413 e. The lowest BCUT2D eigenvalue weighted by atomic mass is 10.1. The second-order valence-corrected chi connectivity index (χ2v) is 8.09. The van der Waals surface area contributed by atoms with Crippen LogP contribution in [0.2, 0.25) is 0 Å². The number of halogens is 2. The molecule has 0 radical (unpaired) electrons. The number of amides is 2. The minimum atomic E-state index is -1.13. The van der Waals surface area contributed by atoms with E-state index in [9.17, 15) is 23.6 Å². The minimum absolute atomic E-state index is 0.144. The fraction of sp³-hybridized carbons (Fsp3) is 0.318. The van der Waals surface area contributed by atoms with Crippen LogP contribution in [0.15, 0.2) is 24.4 Å². The van der Waals surface area contributed by atoms with Gasteiger partial charge < -0.3 is 10.1 Å². The summed E-state index contributed by atoms with van der Waals surface area (Å²) in [5.74, 6) is -1.95. The molecule has 0 bridgehead atoms. The zero-order valence-corrected chi connectivity index (χ0v) is 19.0. The Hall–Kier alpha value is -4.47. The molecule has 13 heteroatoms. The maximum atomic E-state index is 13.9. The third-order valence-electron chi connectivity index (χ3n) is 5.58. The molecule has 11 nitrogen and oxygen atoms in total. The highest BCUT2D eigenvalue weighted by Gasteiger charge is 2.50. The first-order chi connectivity index (χ1) is 16.6. The predicted molar refractivity (Wildman–Crippen MR) is 118 cm³/mol. The van der Waals surface area contributed by atoms with Crippen molar-refractivity contribution in [2.45, 2.75) is 32.8 Å². The number of aryl methyl sites for hydroxylation is 2. The number of rotatable bonds is 6. The lowest BCUT2D eigenvalue weighted by Gasteiger charge is -2.15. The van der Waals surface area contributed by atoms with E-state index < -0.39 is 29.4 Å². The van der Waals surface area contributed by atoms with Gasteiger partial charge in [0.05, 0.1) is 34.9 Å². The van der Waals surface area contributed by atoms with E-state index in [4.69, 9.17) is 4.74 Å². The third kappa shape index (κ3) is 4.77. The first-order valence-corrected chi connectivity index (χ1v) is 10.5. The Morgan fingerprint density at radius 1 is 1.29 bits per heavy atom. The molecule has 3 aromatic heterocycles. The van der Waals surface area contributed by atoms with Crippen molar-refractivity contribution in [1.82, 2.24) is 25.0 Å². The van der Waals surface area contributed by atoms with Crippen LogP contribution in [0.4, 0.5) is 25.1 Å². The summed E-state index contributed by atoms with van der Waals surface area (Å²) in [6.07, 6.45) is -0.329. The predicted octanol–water partition coefficient (Wildman–Crippen LogP) is 3.41. The van der Waals surface area contributed by atoms with E-state index in [0.29, 0.717) is 29.9 Å². The van der Waals surface area contributed by atoms with Gasteiger partial charge in [0.2, 0.25) is 11.9 Å². The fourth-order valence-electron chi connectivity index (χ4n) is 3.32. The first kappa shape index (κ1) is 23.7. The van der Waals surface area contributed by atoms with Crippen molar-refractivity contribution in [2.75, 3.05) is 10.6 Å². The summed E-state index contributed by atoms with van der Waals surface area (Å²) < 4.78 is 33.7. The van der Waals surface area contributed by atoms with Crippen LogP contribution in [-0.4, -0.2) is 37.0 Å². The Morgan fingerprint density at radius 2 is 2.03 bits per heavy atom. The zero-order chi connectivity index (χ0) is 25.3. The van der Waals surface area contributed by atoms with Gasteiger partial charge in [0, 0.05) is 7.05 Å². The molecular formula is C22H20F2N8O3. The van der Waals surface area contributed by atoms with Gasteiger partial charge >= 0.3 is 6.09 Å². The number of pyridine rings is 2. The molecule has 4 rings (SSSR count). The second kappa shape index (κ2) is 9.05. The Balaban J connectivity index is 1.50. The van der Waals surface area contributed by atoms with E-state index in [0.717, 1.165) is 12.3 Å². The molecule has 35 heavy (non-hydrogen) atoms. The number of hydrogen-bond donors (Lipinski definition) is 2. The average molecular weight is 482 g/mol. The number of hydrogen-bond acceptors (Lipinski definition) is 8. The van der Waals surface area contributed by atoms with E-state index in [-0.39, 0.29) is 23.0 Å². The monoisotopic (exact) mass is 482 g/mol. The molecule has 1 saturated carbocycles. The molecule has 3 aromatic rings. The van der Waals surface area contributed by atoms with Gasteiger partial charge in [-0.25, -0.2) is 23.8 Å². The van der Waals surface area contributed by atoms with Crippen LogP contribution < -0.4 is 10.6 Å². The van der Waals surface area contributed by atoms with E-state index in [1.54, 1.807) is 19.1 Å². The summed E-state index contributed by atoms with van der Waals surface area (Å²) in [6, 6.07) is 6.12. The summed E-state index contributed by atoms with van der Waals surface area (Å²) in [5, 5.41) is 22.3. The van der Waals surface area contributed by atoms with Crippen LogP contribution in [0.1, 0.15) is 37.1 Å². The van der Waals surface area contributed by atoms with Gasteiger partial charge in [-0.2, -0.15) is 9.65 Å². The summed E-state index contributed by atoms with van der Waals surface area (Å²) in [6.45, 7) is 3.05. The molecule has 2 N–H and O–H groups in total. The highest BCUT2D eigenvalue weighted by molar-refractivity contribution is 5.99. The van der Waals surface area contributed by atoms with E-state index in [1.165, 1.54) is 18.7 Å². The molecule has 1 aliphatic carbocycles. The summed E-state index contributed by atoms with van der Waals surface area (Å²) in [7, 11) is 1.53. The molecule has 0 unspecified atom stereocenters. The molecule has 1 aliphatic rings. The Bertz CT molecular complexity index is 1360. The molecule has 0 aromatic carbocycles. The Morgan fingerprint density at radius 3 is 2.69 bits per heavy atom. The topological polar surface area (TPSA) is 148 Å². The van der Waals surface area contributed by atoms with E-state index in [1.807, 2.05) is 6.07 Å². The van der Waals surface area contributed by atoms with Crippen LogP contribution in [0.25, 0.3) is 11.4 Å². The van der Waals surface area contributed by atoms with Crippen LogP contribution in [0.5, 0.6) is 0 Å². The second-order valence-electron chi connectivity index (χ2n) is 8.09. The molecule has 180 valence electrons. The van der Waals surface area contributed by atoms with E-state index in [2.05, 4.69) is 30.9 Å². The maximum absolute atomic E-state index is 13.9. The van der Waals surface area contributed by atoms with Gasteiger partial charge in [-0.1, -0.05) is 5.21 Å². The van der Waals surface area contributed by atoms with E-state index >= 15 is 0 Å². The number of ether oxygens (including phenoxy) is 1. The van der Waals surface area contributed by atoms with Crippen molar-refractivity contribution in [1.29, 1.82) is 5.26 Å². The van der Waals surface area contributed by atoms with Gasteiger partial charge in [-0.15, -0.1) is 5.10 Å². The largest absolute Gasteiger partial charge is 0.441 e. The number of nitrogens with zero attached hydrogens (tertiary/aromatic N) is 6. The summed E-state index contributed by atoms with van der Waals surface area (Å²) >= 11 is 0. The fourth-order valence-corrected chi connectivity index (χ4v) is 3.32. The normalized spacial score (nSPS) is 14.5. The van der Waals surface area contributed by atoms with Crippen LogP contribution >= 0.6 is 0 Å². The highest BCUT2D eigenvalue weighted by Crippen LogP contribution is 2.45. The van der Waals surface area contributed by atoms with Crippen molar-refractivity contribution < 1.29 is 23.1 Å². The average Bonchev–Trinajstić information content (AvgIpc) is 3.55. The zero-order valence-electron chi connectivity index (χ0n) is 19.0. The number of aromatic nitrogens is 5. The van der Waals surface area contributed by atoms with Gasteiger partial charge in [-0.05, 0) is 44.9 Å². The van der Waals surface area contributed by atoms with Crippen molar-refractivity contribution in [2.24, 2.45) is 12.5 Å². The number of carbonyl (C=O) groups excluding carboxylic acids is 2. The Kier molecular flexibility index (Phi) is 6.12. The maximum Gasteiger partial charge on any atom is 0.413 e. The molecular weight excluding hydrogens is 462 g/mol. The van der Waals surface area contributed by atoms with Crippen molar-refractivity contribution in [3.8, 4) is 17.5 Å². The lowest BCUT2D eigenvalue weighted by molar-refractivity contribution is -0.119. The van der Waals surface area contributed by atoms with Gasteiger partial charge in [0.25, 0.3) is 0 Å². The number of nitrogens with one attached hydrogen (secondary N) is 2. The van der Waals surface area contributed by atoms with Crippen molar-refractivity contribution in [3.05, 3.63) is 47.4 Å². The minimum Gasteiger partial charge on any atom is -0.441 e. The quantitative estimate of drug-likeness (QED) is 0.508. The molecule has 0 aliphatic heterocycles. The van der Waals surface area contributed by atoms with Crippen LogP contribution in [0, 0.1) is 35.4 Å². The Labute approximate surface area is 198 Å². The molecule has 0 spiro atoms. The van der Waals surface area contributed by atoms with Crippen LogP contribution in [0.3, 0.4) is 0 Å². The summed E-state index contributed by atoms with van der Waals surface area (Å²) in [5.41, 5.74) is 0.271. The van der Waals surface area contributed by atoms with Crippen molar-refractivity contribution >= 4 is 23.5 Å². The lowest BCUT2D eigenvalue weighted by Crippen LogP contribution is -2.23. The molecule has 2 amide bonds. The number of carbonyl (C=O) groups is 2. The van der Waals surface area contributed by atoms with Crippen molar-refractivity contribution in [3.63, 3.8) is 0 Å². The molecule has 1 atom stereocenters. The first-order valence-electron chi connectivity index (χ1n) is 10.5. The molecule has 0 saturated heterocycles. The number of nitriles is 1. The van der Waals surface area contributed by atoms with Gasteiger partial charge in [-0.3, -0.25) is 10.1 Å². The number of anilines is 2. The third-order valence-corrected chi connectivity index (χ3v) is 5.58. The standard InChI is InChI=1S/C22H20F2N8O3/c1-11-15(28-20(33)22(10-25)6-7-22)4-5-16(27-11)17-19(32(3)31-30-17)29-21(34)35-12(2)14-8-13(23)9-26-18(14)24/h4-5,8-9,12H,6-7H2,1-3H3,(H,28,33)(H,29,34)/t12-/m1/s1. The van der Waals surface area contributed by atoms with Crippen LogP contribution in [-0.2, 0) is 16.6 Å². The van der Waals surface area contributed by atoms with Gasteiger partial charge in [0.1, 0.15) is 17.3 Å². The molecule has 3 heterocycles. The highest BCUT2D eigenvalue weighted by atomic mass is 19.1. The molecule has 1 fully saturated rings. The summed E-state index contributed by atoms with van der Waals surface area (Å²) in [4.78, 5) is 32.5.